The minimum Gasteiger partial charge on any atom is -0.438 e. The van der Waals surface area contributed by atoms with E-state index in [1.54, 1.807) is 11.3 Å². The number of aryl methyl sites for hydroxylation is 1. The van der Waals surface area contributed by atoms with Crippen LogP contribution >= 0.6 is 11.3 Å². The molecule has 0 saturated carbocycles. The fourth-order valence-corrected chi connectivity index (χ4v) is 2.59. The lowest BCUT2D eigenvalue weighted by Crippen LogP contribution is -1.97. The highest BCUT2D eigenvalue weighted by molar-refractivity contribution is 7.18. The zero-order valence-corrected chi connectivity index (χ0v) is 10.6. The number of aromatic nitrogens is 2. The van der Waals surface area contributed by atoms with Crippen molar-refractivity contribution in [1.82, 2.24) is 9.97 Å². The second-order valence-corrected chi connectivity index (χ2v) is 5.11. The van der Waals surface area contributed by atoms with E-state index < -0.39 is 0 Å². The Kier molecular flexibility index (Phi) is 2.60. The van der Waals surface area contributed by atoms with Gasteiger partial charge in [0, 0.05) is 4.88 Å². The molecular formula is C13H11N3OS. The lowest BCUT2D eigenvalue weighted by Gasteiger charge is -2.05. The number of nitrogens with zero attached hydrogens (tertiary/aromatic N) is 2. The second kappa shape index (κ2) is 4.27. The fourth-order valence-electron chi connectivity index (χ4n) is 1.71. The topological polar surface area (TPSA) is 61.0 Å². The Bertz CT molecular complexity index is 694. The lowest BCUT2D eigenvalue weighted by molar-refractivity contribution is 0.469. The van der Waals surface area contributed by atoms with Gasteiger partial charge in [-0.15, -0.1) is 11.3 Å². The summed E-state index contributed by atoms with van der Waals surface area (Å²) in [5.41, 5.74) is 5.69. The summed E-state index contributed by atoms with van der Waals surface area (Å²) in [4.78, 5) is 10.4. The van der Waals surface area contributed by atoms with Crippen LogP contribution in [-0.2, 0) is 0 Å². The number of nitrogens with two attached hydrogens (primary N) is 1. The normalized spacial score (nSPS) is 10.7. The maximum atomic E-state index is 5.76. The first-order valence-electron chi connectivity index (χ1n) is 5.49. The van der Waals surface area contributed by atoms with Crippen molar-refractivity contribution in [2.75, 3.05) is 5.73 Å². The van der Waals surface area contributed by atoms with Crippen LogP contribution in [0.15, 0.2) is 36.4 Å². The van der Waals surface area contributed by atoms with Crippen LogP contribution in [0.5, 0.6) is 11.6 Å². The van der Waals surface area contributed by atoms with Crippen molar-refractivity contribution in [3.05, 3.63) is 41.3 Å². The monoisotopic (exact) mass is 257 g/mol. The molecule has 3 aromatic rings. The van der Waals surface area contributed by atoms with Crippen LogP contribution in [0.2, 0.25) is 0 Å². The average Bonchev–Trinajstić information content (AvgIpc) is 2.71. The number of nitrogen functional groups attached to an aromatic ring is 1. The van der Waals surface area contributed by atoms with Gasteiger partial charge in [0.2, 0.25) is 11.8 Å². The van der Waals surface area contributed by atoms with Crippen LogP contribution < -0.4 is 10.5 Å². The highest BCUT2D eigenvalue weighted by Gasteiger charge is 2.11. The van der Waals surface area contributed by atoms with Crippen LogP contribution in [0.25, 0.3) is 10.2 Å². The molecule has 0 radical (unpaired) electrons. The summed E-state index contributed by atoms with van der Waals surface area (Å²) in [6, 6.07) is 11.5. The molecule has 0 spiro atoms. The van der Waals surface area contributed by atoms with Crippen LogP contribution in [0.4, 0.5) is 5.95 Å². The number of hydrogen-bond donors (Lipinski definition) is 1. The number of hydrogen-bond acceptors (Lipinski definition) is 5. The minimum absolute atomic E-state index is 0.232. The predicted octanol–water partition coefficient (Wildman–Crippen LogP) is 3.37. The lowest BCUT2D eigenvalue weighted by atomic mass is 10.3. The molecule has 90 valence electrons. The zero-order valence-electron chi connectivity index (χ0n) is 9.75. The SMILES string of the molecule is Cc1cc2c(Oc3ccccc3)nc(N)nc2s1. The van der Waals surface area contributed by atoms with Gasteiger partial charge in [-0.05, 0) is 25.1 Å². The Morgan fingerprint density at radius 2 is 1.94 bits per heavy atom. The van der Waals surface area contributed by atoms with Crippen LogP contribution in [0.3, 0.4) is 0 Å². The molecule has 0 amide bonds. The summed E-state index contributed by atoms with van der Waals surface area (Å²) in [5.74, 6) is 1.48. The Hall–Kier alpha value is -2.14. The number of anilines is 1. The summed E-state index contributed by atoms with van der Waals surface area (Å²) in [6.07, 6.45) is 0. The number of para-hydroxylation sites is 1. The number of fused-ring (bicyclic) bond motifs is 1. The van der Waals surface area contributed by atoms with E-state index in [1.165, 1.54) is 0 Å². The van der Waals surface area contributed by atoms with Gasteiger partial charge in [0.25, 0.3) is 0 Å². The molecule has 0 fully saturated rings. The van der Waals surface area contributed by atoms with E-state index in [1.807, 2.05) is 43.3 Å². The highest BCUT2D eigenvalue weighted by Crippen LogP contribution is 2.32. The first-order chi connectivity index (χ1) is 8.72. The molecule has 0 aliphatic rings. The predicted molar refractivity (Wildman–Crippen MR) is 73.1 cm³/mol. The van der Waals surface area contributed by atoms with Crippen LogP contribution in [-0.4, -0.2) is 9.97 Å². The van der Waals surface area contributed by atoms with Crippen molar-refractivity contribution in [2.24, 2.45) is 0 Å². The van der Waals surface area contributed by atoms with Gasteiger partial charge in [0.05, 0.1) is 5.39 Å². The van der Waals surface area contributed by atoms with Crippen molar-refractivity contribution in [3.63, 3.8) is 0 Å². The minimum atomic E-state index is 0.232. The van der Waals surface area contributed by atoms with Crippen molar-refractivity contribution in [1.29, 1.82) is 0 Å². The Labute approximate surface area is 108 Å². The summed E-state index contributed by atoms with van der Waals surface area (Å²) in [6.45, 7) is 2.02. The van der Waals surface area contributed by atoms with Gasteiger partial charge >= 0.3 is 0 Å². The maximum absolute atomic E-state index is 5.76. The number of benzene rings is 1. The van der Waals surface area contributed by atoms with Crippen molar-refractivity contribution in [2.45, 2.75) is 6.92 Å². The summed E-state index contributed by atoms with van der Waals surface area (Å²) < 4.78 is 5.76. The molecule has 2 heterocycles. The third kappa shape index (κ3) is 2.00. The van der Waals surface area contributed by atoms with E-state index in [2.05, 4.69) is 9.97 Å². The van der Waals surface area contributed by atoms with Crippen molar-refractivity contribution < 1.29 is 4.74 Å². The quantitative estimate of drug-likeness (QED) is 0.764. The molecule has 0 aliphatic heterocycles. The molecule has 5 heteroatoms. The van der Waals surface area contributed by atoms with Gasteiger partial charge in [-0.3, -0.25) is 0 Å². The van der Waals surface area contributed by atoms with Gasteiger partial charge < -0.3 is 10.5 Å². The summed E-state index contributed by atoms with van der Waals surface area (Å²) in [7, 11) is 0. The van der Waals surface area contributed by atoms with Gasteiger partial charge in [0.15, 0.2) is 0 Å². The van der Waals surface area contributed by atoms with E-state index in [0.29, 0.717) is 5.88 Å². The Morgan fingerprint density at radius 1 is 1.17 bits per heavy atom. The standard InChI is InChI=1S/C13H11N3OS/c1-8-7-10-11(15-13(14)16-12(10)18-8)17-9-5-3-2-4-6-9/h2-7H,1H3,(H2,14,15,16). The third-order valence-electron chi connectivity index (χ3n) is 2.46. The Morgan fingerprint density at radius 3 is 2.72 bits per heavy atom. The molecule has 4 nitrogen and oxygen atoms in total. The molecule has 0 aliphatic carbocycles. The largest absolute Gasteiger partial charge is 0.438 e. The maximum Gasteiger partial charge on any atom is 0.232 e. The molecular weight excluding hydrogens is 246 g/mol. The zero-order chi connectivity index (χ0) is 12.5. The van der Waals surface area contributed by atoms with Crippen molar-refractivity contribution in [3.8, 4) is 11.6 Å². The van der Waals surface area contributed by atoms with Crippen LogP contribution in [0, 0.1) is 6.92 Å². The van der Waals surface area contributed by atoms with E-state index in [-0.39, 0.29) is 5.95 Å². The molecule has 2 N–H and O–H groups in total. The number of ether oxygens (including phenoxy) is 1. The first-order valence-corrected chi connectivity index (χ1v) is 6.30. The van der Waals surface area contributed by atoms with Gasteiger partial charge in [0.1, 0.15) is 10.6 Å². The van der Waals surface area contributed by atoms with Gasteiger partial charge in [-0.2, -0.15) is 4.98 Å². The highest BCUT2D eigenvalue weighted by atomic mass is 32.1. The molecule has 0 unspecified atom stereocenters. The Balaban J connectivity index is 2.10. The van der Waals surface area contributed by atoms with E-state index in [4.69, 9.17) is 10.5 Å². The number of rotatable bonds is 2. The molecule has 0 saturated heterocycles. The van der Waals surface area contributed by atoms with E-state index in [9.17, 15) is 0 Å². The molecule has 18 heavy (non-hydrogen) atoms. The number of thiophene rings is 1. The van der Waals surface area contributed by atoms with E-state index in [0.717, 1.165) is 20.8 Å². The third-order valence-corrected chi connectivity index (χ3v) is 3.40. The summed E-state index contributed by atoms with van der Waals surface area (Å²) in [5, 5.41) is 0.899. The first kappa shape index (κ1) is 11.0. The summed E-state index contributed by atoms with van der Waals surface area (Å²) >= 11 is 1.58. The van der Waals surface area contributed by atoms with Gasteiger partial charge in [-0.25, -0.2) is 4.98 Å². The molecule has 0 bridgehead atoms. The molecule has 3 rings (SSSR count). The molecule has 2 aromatic heterocycles. The molecule has 0 atom stereocenters. The smallest absolute Gasteiger partial charge is 0.232 e. The van der Waals surface area contributed by atoms with E-state index >= 15 is 0 Å². The van der Waals surface area contributed by atoms with Crippen LogP contribution in [0.1, 0.15) is 4.88 Å². The fraction of sp³-hybridized carbons (Fsp3) is 0.0769. The second-order valence-electron chi connectivity index (χ2n) is 3.88. The molecule has 1 aromatic carbocycles. The van der Waals surface area contributed by atoms with Gasteiger partial charge in [-0.1, -0.05) is 18.2 Å². The average molecular weight is 257 g/mol. The van der Waals surface area contributed by atoms with Crippen molar-refractivity contribution >= 4 is 27.5 Å².